The Labute approximate surface area is 189 Å². The van der Waals surface area contributed by atoms with E-state index in [1.54, 1.807) is 19.2 Å². The molecule has 4 aromatic rings. The van der Waals surface area contributed by atoms with E-state index >= 15 is 0 Å². The highest BCUT2D eigenvalue weighted by Gasteiger charge is 2.36. The van der Waals surface area contributed by atoms with Gasteiger partial charge in [-0.3, -0.25) is 4.57 Å². The maximum atomic E-state index is 12.4. The van der Waals surface area contributed by atoms with Crippen molar-refractivity contribution < 1.29 is 14.3 Å². The van der Waals surface area contributed by atoms with Gasteiger partial charge in [0.2, 0.25) is 0 Å². The van der Waals surface area contributed by atoms with Gasteiger partial charge in [0.05, 0.1) is 42.8 Å². The van der Waals surface area contributed by atoms with Gasteiger partial charge >= 0.3 is 5.97 Å². The number of aromatic amines is 1. The number of aromatic nitrogens is 6. The molecule has 166 valence electrons. The second-order valence-electron chi connectivity index (χ2n) is 7.74. The molecule has 2 heterocycles. The highest BCUT2D eigenvalue weighted by molar-refractivity contribution is 6.02. The predicted molar refractivity (Wildman–Crippen MR) is 121 cm³/mol. The minimum Gasteiger partial charge on any atom is -0.468 e. The predicted octanol–water partition coefficient (Wildman–Crippen LogP) is 3.22. The summed E-state index contributed by atoms with van der Waals surface area (Å²) in [6.45, 7) is 0.474. The van der Waals surface area contributed by atoms with Gasteiger partial charge in [-0.15, -0.1) is 10.2 Å². The molecule has 1 N–H and O–H groups in total. The quantitative estimate of drug-likeness (QED) is 0.457. The number of tetrazole rings is 1. The number of nitrogens with zero attached hydrogens (tertiary/aromatic N) is 5. The number of allylic oxidation sites excluding steroid dienone is 4. The minimum absolute atomic E-state index is 0.419. The number of rotatable bonds is 6. The first-order valence-corrected chi connectivity index (χ1v) is 10.5. The fourth-order valence-corrected chi connectivity index (χ4v) is 4.31. The smallest absolute Gasteiger partial charge is 0.340 e. The van der Waals surface area contributed by atoms with E-state index in [2.05, 4.69) is 56.0 Å². The van der Waals surface area contributed by atoms with E-state index in [0.717, 1.165) is 11.1 Å². The van der Waals surface area contributed by atoms with Crippen molar-refractivity contribution in [3.63, 3.8) is 0 Å². The van der Waals surface area contributed by atoms with Gasteiger partial charge in [0.15, 0.2) is 5.82 Å². The van der Waals surface area contributed by atoms with Crippen LogP contribution in [0.3, 0.4) is 0 Å². The summed E-state index contributed by atoms with van der Waals surface area (Å²) in [6, 6.07) is 15.9. The largest absolute Gasteiger partial charge is 0.468 e. The number of nitrogens with one attached hydrogen (secondary N) is 1. The van der Waals surface area contributed by atoms with Crippen molar-refractivity contribution in [3.05, 3.63) is 89.3 Å². The number of methoxy groups -OCH3 is 2. The highest BCUT2D eigenvalue weighted by Crippen LogP contribution is 2.39. The van der Waals surface area contributed by atoms with E-state index in [-0.39, 0.29) is 0 Å². The Morgan fingerprint density at radius 3 is 2.67 bits per heavy atom. The van der Waals surface area contributed by atoms with Crippen LogP contribution in [0.4, 0.5) is 0 Å². The summed E-state index contributed by atoms with van der Waals surface area (Å²) in [6.07, 6.45) is 6.96. The van der Waals surface area contributed by atoms with E-state index < -0.39 is 11.4 Å². The first-order valence-electron chi connectivity index (χ1n) is 10.5. The highest BCUT2D eigenvalue weighted by atomic mass is 16.5. The van der Waals surface area contributed by atoms with Gasteiger partial charge in [0, 0.05) is 0 Å². The fraction of sp³-hybridized carbons (Fsp3) is 0.208. The number of hydrogen-bond acceptors (Lipinski definition) is 7. The second kappa shape index (κ2) is 8.34. The number of carbonyl (C=O) groups is 1. The van der Waals surface area contributed by atoms with Crippen molar-refractivity contribution in [2.75, 3.05) is 14.2 Å². The molecule has 2 aromatic carbocycles. The zero-order valence-corrected chi connectivity index (χ0v) is 18.2. The van der Waals surface area contributed by atoms with Crippen LogP contribution in [0.25, 0.3) is 11.0 Å². The first kappa shape index (κ1) is 20.6. The first-order chi connectivity index (χ1) is 16.2. The van der Waals surface area contributed by atoms with Crippen LogP contribution in [-0.2, 0) is 16.7 Å². The minimum atomic E-state index is -0.518. The number of para-hydroxylation sites is 1. The Bertz CT molecular complexity index is 1360. The van der Waals surface area contributed by atoms with Gasteiger partial charge in [-0.2, -0.15) is 10.2 Å². The van der Waals surface area contributed by atoms with Crippen LogP contribution in [0.5, 0.6) is 6.01 Å². The lowest BCUT2D eigenvalue weighted by Gasteiger charge is -2.30. The zero-order valence-electron chi connectivity index (χ0n) is 18.2. The molecule has 2 aromatic heterocycles. The molecular formula is C24H22N6O3. The lowest BCUT2D eigenvalue weighted by Crippen LogP contribution is -2.28. The molecule has 0 radical (unpaired) electrons. The number of esters is 1. The van der Waals surface area contributed by atoms with Gasteiger partial charge in [0.25, 0.3) is 6.01 Å². The molecule has 0 spiro atoms. The summed E-state index contributed by atoms with van der Waals surface area (Å²) >= 11 is 0. The van der Waals surface area contributed by atoms with Crippen molar-refractivity contribution >= 4 is 17.0 Å². The van der Waals surface area contributed by atoms with Crippen molar-refractivity contribution in [2.24, 2.45) is 0 Å². The molecule has 0 saturated carbocycles. The normalized spacial score (nSPS) is 17.7. The number of H-pyrrole nitrogens is 1. The molecule has 9 nitrogen and oxygen atoms in total. The van der Waals surface area contributed by atoms with Crippen molar-refractivity contribution in [1.29, 1.82) is 0 Å². The van der Waals surface area contributed by atoms with E-state index in [1.165, 1.54) is 7.11 Å². The third-order valence-electron chi connectivity index (χ3n) is 5.96. The van der Waals surface area contributed by atoms with Crippen LogP contribution in [0.1, 0.15) is 28.2 Å². The van der Waals surface area contributed by atoms with E-state index in [0.29, 0.717) is 41.4 Å². The van der Waals surface area contributed by atoms with Gasteiger partial charge in [-0.05, 0) is 29.7 Å². The number of carbonyl (C=O) groups excluding carboxylic acids is 1. The van der Waals surface area contributed by atoms with Crippen LogP contribution in [-0.4, -0.2) is 50.4 Å². The van der Waals surface area contributed by atoms with E-state index in [9.17, 15) is 4.79 Å². The molecule has 1 aliphatic rings. The molecule has 0 bridgehead atoms. The molecule has 33 heavy (non-hydrogen) atoms. The summed E-state index contributed by atoms with van der Waals surface area (Å²) in [5.74, 6) is 0.191. The van der Waals surface area contributed by atoms with Gasteiger partial charge in [-0.25, -0.2) is 4.79 Å². The summed E-state index contributed by atoms with van der Waals surface area (Å²) in [5.41, 5.74) is 3.39. The van der Waals surface area contributed by atoms with Crippen molar-refractivity contribution in [3.8, 4) is 6.01 Å². The van der Waals surface area contributed by atoms with Gasteiger partial charge in [0.1, 0.15) is 0 Å². The molecule has 1 aliphatic carbocycles. The topological polar surface area (TPSA) is 108 Å². The third kappa shape index (κ3) is 3.47. The maximum Gasteiger partial charge on any atom is 0.340 e. The summed E-state index contributed by atoms with van der Waals surface area (Å²) < 4.78 is 12.4. The molecule has 5 rings (SSSR count). The van der Waals surface area contributed by atoms with Gasteiger partial charge < -0.3 is 9.47 Å². The molecule has 0 aliphatic heterocycles. The maximum absolute atomic E-state index is 12.4. The number of hydrogen-bond donors (Lipinski definition) is 1. The lowest BCUT2D eigenvalue weighted by atomic mass is 9.73. The van der Waals surface area contributed by atoms with Crippen LogP contribution in [0.2, 0.25) is 0 Å². The molecule has 0 fully saturated rings. The van der Waals surface area contributed by atoms with Gasteiger partial charge in [-0.1, -0.05) is 59.8 Å². The van der Waals surface area contributed by atoms with Crippen molar-refractivity contribution in [1.82, 2.24) is 30.2 Å². The lowest BCUT2D eigenvalue weighted by molar-refractivity contribution is 0.0602. The molecule has 0 amide bonds. The summed E-state index contributed by atoms with van der Waals surface area (Å²) in [7, 11) is 2.93. The van der Waals surface area contributed by atoms with Crippen LogP contribution >= 0.6 is 0 Å². The van der Waals surface area contributed by atoms with Crippen molar-refractivity contribution in [2.45, 2.75) is 18.4 Å². The van der Waals surface area contributed by atoms with E-state index in [1.807, 2.05) is 28.8 Å². The number of benzene rings is 2. The average molecular weight is 442 g/mol. The summed E-state index contributed by atoms with van der Waals surface area (Å²) in [4.78, 5) is 16.9. The van der Waals surface area contributed by atoms with Crippen LogP contribution in [0.15, 0.2) is 72.3 Å². The Hall–Kier alpha value is -4.27. The Morgan fingerprint density at radius 2 is 2.00 bits per heavy atom. The number of ether oxygens (including phenoxy) is 2. The standard InChI is InChI=1S/C24H22N6O3/c1-32-21(31)18-9-6-10-19-20(18)30(23(25-19)33-2)15-16-11-13-24(14-12-16,22-26-28-29-27-22)17-7-4-3-5-8-17/h3-13H,14-15H2,1-2H3,(H,26,27,28,29). The Morgan fingerprint density at radius 1 is 1.15 bits per heavy atom. The van der Waals surface area contributed by atoms with Crippen LogP contribution < -0.4 is 4.74 Å². The average Bonchev–Trinajstić information content (AvgIpc) is 3.53. The number of fused-ring (bicyclic) bond motifs is 1. The monoisotopic (exact) mass is 442 g/mol. The molecule has 1 unspecified atom stereocenters. The fourth-order valence-electron chi connectivity index (χ4n) is 4.31. The summed E-state index contributed by atoms with van der Waals surface area (Å²) in [5, 5.41) is 14.9. The molecule has 1 atom stereocenters. The zero-order chi connectivity index (χ0) is 22.8. The number of imidazole rings is 1. The Balaban J connectivity index is 1.54. The molecule has 0 saturated heterocycles. The second-order valence-corrected chi connectivity index (χ2v) is 7.74. The SMILES string of the molecule is COC(=O)c1cccc2nc(OC)n(CC3=CCC(c4ccccc4)(c4nn[nH]n4)C=C3)c12. The third-order valence-corrected chi connectivity index (χ3v) is 5.96. The molecule has 9 heteroatoms. The van der Waals surface area contributed by atoms with Crippen LogP contribution in [0, 0.1) is 0 Å². The molecular weight excluding hydrogens is 420 g/mol. The Kier molecular flexibility index (Phi) is 5.21. The van der Waals surface area contributed by atoms with E-state index in [4.69, 9.17) is 9.47 Å².